The molecule has 1 fully saturated rings. The van der Waals surface area contributed by atoms with Gasteiger partial charge in [0.25, 0.3) is 0 Å². The molecule has 4 nitrogen and oxygen atoms in total. The minimum Gasteiger partial charge on any atom is -0.313 e. The van der Waals surface area contributed by atoms with Crippen LogP contribution in [0.2, 0.25) is 5.02 Å². The molecule has 7 heteroatoms. The molecule has 1 aromatic rings. The molecule has 0 radical (unpaired) electrons. The van der Waals surface area contributed by atoms with Crippen LogP contribution in [0.4, 0.5) is 4.39 Å². The summed E-state index contributed by atoms with van der Waals surface area (Å²) in [5.41, 5.74) is 0.471. The lowest BCUT2D eigenvalue weighted by Gasteiger charge is -2.12. The van der Waals surface area contributed by atoms with Gasteiger partial charge in [0.05, 0.1) is 10.8 Å². The summed E-state index contributed by atoms with van der Waals surface area (Å²) in [4.78, 5) is 0. The smallest absolute Gasteiger partial charge is 0.215 e. The van der Waals surface area contributed by atoms with Crippen molar-refractivity contribution in [3.63, 3.8) is 0 Å². The third-order valence-corrected chi connectivity index (χ3v) is 4.66. The topological polar surface area (TPSA) is 58.2 Å². The molecule has 2 N–H and O–H groups in total. The number of rotatable bonds is 5. The lowest BCUT2D eigenvalue weighted by Crippen LogP contribution is -2.37. The van der Waals surface area contributed by atoms with E-state index in [1.807, 2.05) is 0 Å². The minimum absolute atomic E-state index is 0.0647. The standard InChI is InChI=1S/C12H16ClFN2O2S/c13-11-6-9(3-4-12(11)14)8-19(17,18)16-7-10-2-1-5-15-10/h3-4,6,10,15-16H,1-2,5,7-8H2. The first-order chi connectivity index (χ1) is 8.96. The van der Waals surface area contributed by atoms with Crippen LogP contribution in [0.1, 0.15) is 18.4 Å². The Kier molecular flexibility index (Phi) is 4.78. The second-order valence-electron chi connectivity index (χ2n) is 4.65. The highest BCUT2D eigenvalue weighted by atomic mass is 35.5. The Hall–Kier alpha value is -0.690. The first-order valence-corrected chi connectivity index (χ1v) is 8.14. The number of hydrogen-bond acceptors (Lipinski definition) is 3. The Morgan fingerprint density at radius 1 is 1.47 bits per heavy atom. The summed E-state index contributed by atoms with van der Waals surface area (Å²) in [5.74, 6) is -0.745. The maximum Gasteiger partial charge on any atom is 0.215 e. The zero-order valence-corrected chi connectivity index (χ0v) is 11.9. The quantitative estimate of drug-likeness (QED) is 0.869. The molecule has 1 aliphatic heterocycles. The van der Waals surface area contributed by atoms with Gasteiger partial charge >= 0.3 is 0 Å². The van der Waals surface area contributed by atoms with Crippen molar-refractivity contribution in [2.75, 3.05) is 13.1 Å². The summed E-state index contributed by atoms with van der Waals surface area (Å²) in [6, 6.07) is 4.13. The Balaban J connectivity index is 1.93. The minimum atomic E-state index is -3.42. The van der Waals surface area contributed by atoms with Gasteiger partial charge in [-0.15, -0.1) is 0 Å². The van der Waals surface area contributed by atoms with Crippen LogP contribution < -0.4 is 10.0 Å². The van der Waals surface area contributed by atoms with Crippen LogP contribution in [0.15, 0.2) is 18.2 Å². The van der Waals surface area contributed by atoms with Crippen molar-refractivity contribution < 1.29 is 12.8 Å². The Morgan fingerprint density at radius 3 is 2.89 bits per heavy atom. The van der Waals surface area contributed by atoms with Crippen LogP contribution in [0.5, 0.6) is 0 Å². The largest absolute Gasteiger partial charge is 0.313 e. The lowest BCUT2D eigenvalue weighted by atomic mass is 10.2. The van der Waals surface area contributed by atoms with Crippen LogP contribution in [0.3, 0.4) is 0 Å². The zero-order valence-electron chi connectivity index (χ0n) is 10.3. The van der Waals surface area contributed by atoms with Crippen molar-refractivity contribution in [1.82, 2.24) is 10.0 Å². The molecule has 1 unspecified atom stereocenters. The number of hydrogen-bond donors (Lipinski definition) is 2. The van der Waals surface area contributed by atoms with E-state index in [4.69, 9.17) is 11.6 Å². The average molecular weight is 307 g/mol. The van der Waals surface area contributed by atoms with E-state index < -0.39 is 15.8 Å². The number of nitrogens with one attached hydrogen (secondary N) is 2. The predicted molar refractivity (Wildman–Crippen MR) is 73.1 cm³/mol. The fourth-order valence-corrected chi connectivity index (χ4v) is 3.44. The number of benzene rings is 1. The van der Waals surface area contributed by atoms with E-state index in [-0.39, 0.29) is 16.8 Å². The molecule has 0 aliphatic carbocycles. The van der Waals surface area contributed by atoms with Gasteiger partial charge < -0.3 is 5.32 Å². The molecule has 2 rings (SSSR count). The molecule has 0 bridgehead atoms. The molecule has 106 valence electrons. The summed E-state index contributed by atoms with van der Waals surface area (Å²) >= 11 is 5.62. The Morgan fingerprint density at radius 2 is 2.26 bits per heavy atom. The Labute approximate surface area is 117 Å². The van der Waals surface area contributed by atoms with Crippen LogP contribution in [-0.4, -0.2) is 27.5 Å². The molecule has 1 aromatic carbocycles. The maximum absolute atomic E-state index is 13.0. The van der Waals surface area contributed by atoms with E-state index >= 15 is 0 Å². The van der Waals surface area contributed by atoms with Crippen molar-refractivity contribution in [3.05, 3.63) is 34.6 Å². The second-order valence-corrected chi connectivity index (χ2v) is 6.86. The molecule has 1 atom stereocenters. The van der Waals surface area contributed by atoms with Gasteiger partial charge in [0.1, 0.15) is 5.82 Å². The first kappa shape index (κ1) is 14.7. The fraction of sp³-hybridized carbons (Fsp3) is 0.500. The predicted octanol–water partition coefficient (Wildman–Crippen LogP) is 1.65. The molecular weight excluding hydrogens is 291 g/mol. The van der Waals surface area contributed by atoms with Crippen molar-refractivity contribution in [2.24, 2.45) is 0 Å². The van der Waals surface area contributed by atoms with E-state index in [1.54, 1.807) is 0 Å². The van der Waals surface area contributed by atoms with Gasteiger partial charge in [-0.25, -0.2) is 17.5 Å². The van der Waals surface area contributed by atoms with E-state index in [1.165, 1.54) is 18.2 Å². The maximum atomic E-state index is 13.0. The zero-order chi connectivity index (χ0) is 13.9. The average Bonchev–Trinajstić information content (AvgIpc) is 2.84. The summed E-state index contributed by atoms with van der Waals surface area (Å²) in [7, 11) is -3.42. The van der Waals surface area contributed by atoms with Crippen LogP contribution >= 0.6 is 11.6 Å². The summed E-state index contributed by atoms with van der Waals surface area (Å²) in [5, 5.41) is 3.15. The Bertz CT molecular complexity index is 545. The highest BCUT2D eigenvalue weighted by molar-refractivity contribution is 7.88. The molecule has 0 amide bonds. The molecule has 0 aromatic heterocycles. The van der Waals surface area contributed by atoms with Gasteiger partial charge in [-0.3, -0.25) is 0 Å². The van der Waals surface area contributed by atoms with Gasteiger partial charge in [0, 0.05) is 12.6 Å². The molecule has 19 heavy (non-hydrogen) atoms. The van der Waals surface area contributed by atoms with Crippen molar-refractivity contribution in [3.8, 4) is 0 Å². The first-order valence-electron chi connectivity index (χ1n) is 6.11. The number of halogens is 2. The lowest BCUT2D eigenvalue weighted by molar-refractivity contribution is 0.551. The van der Waals surface area contributed by atoms with Gasteiger partial charge in [0.15, 0.2) is 0 Å². The van der Waals surface area contributed by atoms with E-state index in [0.717, 1.165) is 19.4 Å². The number of sulfonamides is 1. The third-order valence-electron chi connectivity index (χ3n) is 3.05. The van der Waals surface area contributed by atoms with Crippen LogP contribution in [-0.2, 0) is 15.8 Å². The highest BCUT2D eigenvalue weighted by Gasteiger charge is 2.18. The van der Waals surface area contributed by atoms with Crippen LogP contribution in [0.25, 0.3) is 0 Å². The van der Waals surface area contributed by atoms with Gasteiger partial charge in [-0.05, 0) is 37.1 Å². The SMILES string of the molecule is O=S(=O)(Cc1ccc(F)c(Cl)c1)NCC1CCCN1. The second kappa shape index (κ2) is 6.17. The third kappa shape index (κ3) is 4.42. The normalized spacial score (nSPS) is 19.8. The molecule has 1 aliphatic rings. The van der Waals surface area contributed by atoms with Crippen molar-refractivity contribution in [1.29, 1.82) is 0 Å². The van der Waals surface area contributed by atoms with Gasteiger partial charge in [-0.1, -0.05) is 17.7 Å². The van der Waals surface area contributed by atoms with E-state index in [0.29, 0.717) is 12.1 Å². The molecule has 1 saturated heterocycles. The van der Waals surface area contributed by atoms with Gasteiger partial charge in [-0.2, -0.15) is 0 Å². The molecule has 1 heterocycles. The highest BCUT2D eigenvalue weighted by Crippen LogP contribution is 2.17. The van der Waals surface area contributed by atoms with Crippen molar-refractivity contribution >= 4 is 21.6 Å². The van der Waals surface area contributed by atoms with Crippen molar-refractivity contribution in [2.45, 2.75) is 24.6 Å². The molecular formula is C12H16ClFN2O2S. The summed E-state index contributed by atoms with van der Waals surface area (Å²) in [6.07, 6.45) is 2.05. The molecule has 0 spiro atoms. The molecule has 0 saturated carbocycles. The van der Waals surface area contributed by atoms with Gasteiger partial charge in [0.2, 0.25) is 10.0 Å². The summed E-state index contributed by atoms with van der Waals surface area (Å²) in [6.45, 7) is 1.32. The monoisotopic (exact) mass is 306 g/mol. The fourth-order valence-electron chi connectivity index (χ4n) is 2.06. The summed E-state index contributed by atoms with van der Waals surface area (Å²) < 4.78 is 39.3. The van der Waals surface area contributed by atoms with Crippen LogP contribution in [0, 0.1) is 5.82 Å². The van der Waals surface area contributed by atoms with E-state index in [9.17, 15) is 12.8 Å². The van der Waals surface area contributed by atoms with E-state index in [2.05, 4.69) is 10.0 Å².